The lowest BCUT2D eigenvalue weighted by molar-refractivity contribution is 0.102. The summed E-state index contributed by atoms with van der Waals surface area (Å²) in [7, 11) is 4.16. The first-order valence-corrected chi connectivity index (χ1v) is 8.58. The van der Waals surface area contributed by atoms with Crippen LogP contribution in [0.3, 0.4) is 0 Å². The number of fused-ring (bicyclic) bond motifs is 1. The summed E-state index contributed by atoms with van der Waals surface area (Å²) in [4.78, 5) is 18.1. The van der Waals surface area contributed by atoms with Gasteiger partial charge < -0.3 is 15.2 Å². The zero-order valence-electron chi connectivity index (χ0n) is 15.3. The Morgan fingerprint density at radius 2 is 1.80 bits per heavy atom. The van der Waals surface area contributed by atoms with E-state index in [0.29, 0.717) is 5.56 Å². The third-order valence-corrected chi connectivity index (χ3v) is 4.50. The predicted molar refractivity (Wildman–Crippen MR) is 104 cm³/mol. The number of nitrogens with one attached hydrogen (secondary N) is 2. The van der Waals surface area contributed by atoms with Gasteiger partial charge >= 0.3 is 0 Å². The van der Waals surface area contributed by atoms with Crippen LogP contribution < -0.4 is 5.32 Å². The Bertz CT molecular complexity index is 891. The summed E-state index contributed by atoms with van der Waals surface area (Å²) < 4.78 is 0. The van der Waals surface area contributed by atoms with Crippen LogP contribution in [0, 0.1) is 13.8 Å². The van der Waals surface area contributed by atoms with Gasteiger partial charge in [-0.3, -0.25) is 4.79 Å². The van der Waals surface area contributed by atoms with Gasteiger partial charge in [-0.25, -0.2) is 0 Å². The van der Waals surface area contributed by atoms with Crippen LogP contribution in [-0.2, 0) is 6.42 Å². The summed E-state index contributed by atoms with van der Waals surface area (Å²) in [6.45, 7) is 5.11. The van der Waals surface area contributed by atoms with Gasteiger partial charge in [0.05, 0.1) is 0 Å². The van der Waals surface area contributed by atoms with Gasteiger partial charge in [-0.1, -0.05) is 17.7 Å². The number of anilines is 1. The maximum Gasteiger partial charge on any atom is 0.255 e. The number of benzene rings is 2. The van der Waals surface area contributed by atoms with Gasteiger partial charge in [-0.05, 0) is 70.3 Å². The van der Waals surface area contributed by atoms with Crippen LogP contribution >= 0.6 is 0 Å². The Labute approximate surface area is 148 Å². The first-order chi connectivity index (χ1) is 11.9. The van der Waals surface area contributed by atoms with E-state index in [1.807, 2.05) is 43.3 Å². The van der Waals surface area contributed by atoms with Crippen molar-refractivity contribution in [3.8, 4) is 0 Å². The number of carbonyl (C=O) groups excluding carboxylic acids is 1. The number of rotatable bonds is 5. The quantitative estimate of drug-likeness (QED) is 0.736. The molecule has 25 heavy (non-hydrogen) atoms. The van der Waals surface area contributed by atoms with Crippen LogP contribution in [0.2, 0.25) is 0 Å². The minimum Gasteiger partial charge on any atom is -0.358 e. The van der Waals surface area contributed by atoms with Crippen molar-refractivity contribution >= 4 is 22.5 Å². The Morgan fingerprint density at radius 3 is 2.48 bits per heavy atom. The summed E-state index contributed by atoms with van der Waals surface area (Å²) in [5, 5.41) is 4.19. The fourth-order valence-corrected chi connectivity index (χ4v) is 3.03. The second kappa shape index (κ2) is 7.11. The van der Waals surface area contributed by atoms with Crippen molar-refractivity contribution in [2.75, 3.05) is 26.0 Å². The summed E-state index contributed by atoms with van der Waals surface area (Å²) in [5.41, 5.74) is 6.26. The molecule has 0 atom stereocenters. The van der Waals surface area contributed by atoms with Crippen LogP contribution in [0.4, 0.5) is 5.69 Å². The summed E-state index contributed by atoms with van der Waals surface area (Å²) >= 11 is 0. The number of amides is 1. The molecule has 2 N–H and O–H groups in total. The van der Waals surface area contributed by atoms with E-state index in [-0.39, 0.29) is 5.91 Å². The molecule has 0 spiro atoms. The Morgan fingerprint density at radius 1 is 1.08 bits per heavy atom. The molecular formula is C21H25N3O. The van der Waals surface area contributed by atoms with Crippen LogP contribution in [0.25, 0.3) is 10.9 Å². The van der Waals surface area contributed by atoms with E-state index < -0.39 is 0 Å². The minimum absolute atomic E-state index is 0.0820. The highest BCUT2D eigenvalue weighted by Crippen LogP contribution is 2.26. The molecule has 2 aromatic carbocycles. The van der Waals surface area contributed by atoms with Crippen molar-refractivity contribution in [3.63, 3.8) is 0 Å². The largest absolute Gasteiger partial charge is 0.358 e. The number of aromatic amines is 1. The lowest BCUT2D eigenvalue weighted by atomic mass is 10.1. The molecule has 1 aromatic heterocycles. The van der Waals surface area contributed by atoms with Crippen molar-refractivity contribution in [3.05, 3.63) is 64.8 Å². The highest BCUT2D eigenvalue weighted by Gasteiger charge is 2.11. The second-order valence-corrected chi connectivity index (χ2v) is 6.86. The van der Waals surface area contributed by atoms with Crippen molar-refractivity contribution in [1.29, 1.82) is 0 Å². The molecule has 130 valence electrons. The maximum atomic E-state index is 12.4. The van der Waals surface area contributed by atoms with E-state index >= 15 is 0 Å². The number of hydrogen-bond donors (Lipinski definition) is 2. The SMILES string of the molecule is Cc1ccc(C(=O)Nc2ccc3[nH]c(C)c(CCN(C)C)c3c2)cc1. The highest BCUT2D eigenvalue weighted by molar-refractivity contribution is 6.05. The van der Waals surface area contributed by atoms with E-state index in [2.05, 4.69) is 42.3 Å². The molecule has 4 nitrogen and oxygen atoms in total. The summed E-state index contributed by atoms with van der Waals surface area (Å²) in [6, 6.07) is 13.7. The van der Waals surface area contributed by atoms with Crippen LogP contribution in [-0.4, -0.2) is 36.4 Å². The van der Waals surface area contributed by atoms with Crippen molar-refractivity contribution in [2.24, 2.45) is 0 Å². The fraction of sp³-hybridized carbons (Fsp3) is 0.286. The van der Waals surface area contributed by atoms with E-state index in [9.17, 15) is 4.79 Å². The van der Waals surface area contributed by atoms with E-state index in [1.165, 1.54) is 16.6 Å². The second-order valence-electron chi connectivity index (χ2n) is 6.86. The molecule has 0 aliphatic rings. The Kier molecular flexibility index (Phi) is 4.91. The van der Waals surface area contributed by atoms with Crippen molar-refractivity contribution in [1.82, 2.24) is 9.88 Å². The van der Waals surface area contributed by atoms with Gasteiger partial charge in [0.2, 0.25) is 0 Å². The molecule has 0 aliphatic heterocycles. The maximum absolute atomic E-state index is 12.4. The molecule has 0 aliphatic carbocycles. The third kappa shape index (κ3) is 3.91. The van der Waals surface area contributed by atoms with Gasteiger partial charge in [0, 0.05) is 34.4 Å². The monoisotopic (exact) mass is 335 g/mol. The fourth-order valence-electron chi connectivity index (χ4n) is 3.03. The average Bonchev–Trinajstić information content (AvgIpc) is 2.88. The normalized spacial score (nSPS) is 11.2. The lowest BCUT2D eigenvalue weighted by Gasteiger charge is -2.10. The topological polar surface area (TPSA) is 48.1 Å². The number of hydrogen-bond acceptors (Lipinski definition) is 2. The number of aryl methyl sites for hydroxylation is 2. The number of aromatic nitrogens is 1. The van der Waals surface area contributed by atoms with Crippen LogP contribution in [0.1, 0.15) is 27.2 Å². The summed E-state index contributed by atoms with van der Waals surface area (Å²) in [6.07, 6.45) is 0.980. The molecule has 4 heteroatoms. The molecule has 3 aromatic rings. The average molecular weight is 335 g/mol. The smallest absolute Gasteiger partial charge is 0.255 e. The Balaban J connectivity index is 1.85. The number of H-pyrrole nitrogens is 1. The molecule has 0 unspecified atom stereocenters. The molecule has 3 rings (SSSR count). The van der Waals surface area contributed by atoms with Crippen molar-refractivity contribution in [2.45, 2.75) is 20.3 Å². The molecule has 0 saturated heterocycles. The molecule has 0 saturated carbocycles. The zero-order chi connectivity index (χ0) is 18.0. The zero-order valence-corrected chi connectivity index (χ0v) is 15.3. The Hall–Kier alpha value is -2.59. The number of likely N-dealkylation sites (N-methyl/N-ethyl adjacent to an activating group) is 1. The molecule has 1 amide bonds. The first kappa shape index (κ1) is 17.2. The van der Waals surface area contributed by atoms with E-state index in [4.69, 9.17) is 0 Å². The molecule has 0 bridgehead atoms. The first-order valence-electron chi connectivity index (χ1n) is 8.58. The van der Waals surface area contributed by atoms with Gasteiger partial charge in [0.15, 0.2) is 0 Å². The molecule has 0 fully saturated rings. The highest BCUT2D eigenvalue weighted by atomic mass is 16.1. The van der Waals surface area contributed by atoms with Crippen molar-refractivity contribution < 1.29 is 4.79 Å². The van der Waals surface area contributed by atoms with Gasteiger partial charge in [-0.15, -0.1) is 0 Å². The van der Waals surface area contributed by atoms with E-state index in [0.717, 1.165) is 29.7 Å². The summed E-state index contributed by atoms with van der Waals surface area (Å²) in [5.74, 6) is -0.0820. The third-order valence-electron chi connectivity index (χ3n) is 4.50. The standard InChI is InChI=1S/C21H25N3O/c1-14-5-7-16(8-6-14)21(25)23-17-9-10-20-19(13-17)18(15(2)22-20)11-12-24(3)4/h5-10,13,22H,11-12H2,1-4H3,(H,23,25). The van der Waals surface area contributed by atoms with Gasteiger partial charge in [0.1, 0.15) is 0 Å². The minimum atomic E-state index is -0.0820. The van der Waals surface area contributed by atoms with E-state index in [1.54, 1.807) is 0 Å². The van der Waals surface area contributed by atoms with Gasteiger partial charge in [0.25, 0.3) is 5.91 Å². The number of carbonyl (C=O) groups is 1. The predicted octanol–water partition coefficient (Wildman–Crippen LogP) is 4.14. The number of nitrogens with zero attached hydrogens (tertiary/aromatic N) is 1. The van der Waals surface area contributed by atoms with Crippen LogP contribution in [0.15, 0.2) is 42.5 Å². The van der Waals surface area contributed by atoms with Crippen LogP contribution in [0.5, 0.6) is 0 Å². The molecule has 0 radical (unpaired) electrons. The molecular weight excluding hydrogens is 310 g/mol. The molecule has 1 heterocycles. The lowest BCUT2D eigenvalue weighted by Crippen LogP contribution is -2.15. The van der Waals surface area contributed by atoms with Gasteiger partial charge in [-0.2, -0.15) is 0 Å².